The van der Waals surface area contributed by atoms with Gasteiger partial charge < -0.3 is 30.7 Å². The summed E-state index contributed by atoms with van der Waals surface area (Å²) in [7, 11) is 0. The van der Waals surface area contributed by atoms with Gasteiger partial charge in [0, 0.05) is 44.1 Å². The number of aryl methyl sites for hydroxylation is 2. The number of fused-ring (bicyclic) bond motifs is 1. The number of nitrogens with one attached hydrogen (secondary N) is 4. The quantitative estimate of drug-likeness (QED) is 0.0497. The molecular weight excluding hydrogens is 877 g/mol. The van der Waals surface area contributed by atoms with Crippen molar-refractivity contribution < 1.29 is 33.8 Å². The van der Waals surface area contributed by atoms with Crippen molar-refractivity contribution in [2.75, 3.05) is 17.2 Å². The second-order valence-corrected chi connectivity index (χ2v) is 20.1. The van der Waals surface area contributed by atoms with Crippen LogP contribution in [0.3, 0.4) is 0 Å². The Morgan fingerprint density at radius 1 is 0.848 bits per heavy atom. The number of benzene rings is 2. The Hall–Kier alpha value is -5.78. The van der Waals surface area contributed by atoms with Gasteiger partial charge in [0.1, 0.15) is 12.1 Å². The second kappa shape index (κ2) is 22.6. The molecule has 0 radical (unpaired) electrons. The molecule has 2 aromatic carbocycles. The Bertz CT molecular complexity index is 2500. The molecule has 5 amide bonds. The normalized spacial score (nSPS) is 15.4. The van der Waals surface area contributed by atoms with Gasteiger partial charge in [-0.25, -0.2) is 14.8 Å². The van der Waals surface area contributed by atoms with E-state index in [-0.39, 0.29) is 55.7 Å². The summed E-state index contributed by atoms with van der Waals surface area (Å²) < 4.78 is 6.12. The molecular formula is C49H62N8O7S2. The van der Waals surface area contributed by atoms with E-state index in [1.54, 1.807) is 31.4 Å². The SMILES string of the molecule is Cc1ncc(-c2ccc3nc(NC(=O)CCCCCCCCC(=O)N[C@H](C(=O)N4C[C@H](O)C[C@H]4C(=O)NCc4ccc(-c5scnc5C)cc4)C(C)(C)C)sc3c2)cc1NC(=O)OC(C)C. The number of unbranched alkanes of at least 4 members (excludes halogenated alkanes) is 5. The Balaban J connectivity index is 0.889. The molecule has 0 bridgehead atoms. The van der Waals surface area contributed by atoms with Crippen LogP contribution in [0.1, 0.15) is 109 Å². The highest BCUT2D eigenvalue weighted by Gasteiger charge is 2.44. The maximum absolute atomic E-state index is 14.0. The first-order valence-corrected chi connectivity index (χ1v) is 24.3. The predicted molar refractivity (Wildman–Crippen MR) is 260 cm³/mol. The van der Waals surface area contributed by atoms with E-state index in [2.05, 4.69) is 36.2 Å². The average Bonchev–Trinajstić information content (AvgIpc) is 4.00. The van der Waals surface area contributed by atoms with Crippen LogP contribution in [0.4, 0.5) is 15.6 Å². The van der Waals surface area contributed by atoms with E-state index in [1.807, 2.05) is 88.7 Å². The molecule has 1 saturated heterocycles. The molecule has 6 rings (SSSR count). The van der Waals surface area contributed by atoms with Gasteiger partial charge >= 0.3 is 6.09 Å². The maximum Gasteiger partial charge on any atom is 0.411 e. The number of carbonyl (C=O) groups excluding carboxylic acids is 5. The number of aliphatic hydroxyl groups is 1. The molecule has 5 N–H and O–H groups in total. The van der Waals surface area contributed by atoms with Crippen LogP contribution in [0.15, 0.2) is 60.2 Å². The minimum absolute atomic E-state index is 0.0151. The molecule has 3 atom stereocenters. The van der Waals surface area contributed by atoms with Gasteiger partial charge in [-0.3, -0.25) is 29.5 Å². The number of likely N-dealkylation sites (tertiary alicyclic amines) is 1. The van der Waals surface area contributed by atoms with Gasteiger partial charge in [-0.05, 0) is 80.8 Å². The monoisotopic (exact) mass is 938 g/mol. The van der Waals surface area contributed by atoms with Gasteiger partial charge in [0.25, 0.3) is 0 Å². The van der Waals surface area contributed by atoms with Gasteiger partial charge in [-0.1, -0.05) is 88.1 Å². The van der Waals surface area contributed by atoms with Crippen molar-refractivity contribution in [3.63, 3.8) is 0 Å². The fourth-order valence-electron chi connectivity index (χ4n) is 7.80. The van der Waals surface area contributed by atoms with Crippen LogP contribution in [0.2, 0.25) is 0 Å². The number of β-amino-alcohol motifs (C(OH)–C–C–N with tert-alkyl or cyclic N) is 1. The fraction of sp³-hybridized carbons (Fsp3) is 0.469. The highest BCUT2D eigenvalue weighted by atomic mass is 32.1. The molecule has 1 aliphatic rings. The highest BCUT2D eigenvalue weighted by Crippen LogP contribution is 2.33. The highest BCUT2D eigenvalue weighted by molar-refractivity contribution is 7.22. The molecule has 1 fully saturated rings. The summed E-state index contributed by atoms with van der Waals surface area (Å²) in [5.41, 5.74) is 7.82. The number of rotatable bonds is 19. The minimum atomic E-state index is -0.878. The van der Waals surface area contributed by atoms with Crippen LogP contribution in [0, 0.1) is 19.3 Å². The van der Waals surface area contributed by atoms with Crippen LogP contribution >= 0.6 is 22.7 Å². The third kappa shape index (κ3) is 13.6. The van der Waals surface area contributed by atoms with Crippen LogP contribution in [0.25, 0.3) is 31.8 Å². The molecule has 0 aliphatic carbocycles. The smallest absolute Gasteiger partial charge is 0.411 e. The van der Waals surface area contributed by atoms with Gasteiger partial charge in [0.05, 0.1) is 49.9 Å². The number of hydrogen-bond donors (Lipinski definition) is 5. The Kier molecular flexibility index (Phi) is 17.0. The van der Waals surface area contributed by atoms with E-state index in [9.17, 15) is 29.1 Å². The van der Waals surface area contributed by atoms with Crippen molar-refractivity contribution >= 4 is 73.4 Å². The first kappa shape index (κ1) is 49.6. The zero-order valence-corrected chi connectivity index (χ0v) is 40.5. The lowest BCUT2D eigenvalue weighted by atomic mass is 9.85. The molecule has 0 unspecified atom stereocenters. The van der Waals surface area contributed by atoms with E-state index in [4.69, 9.17) is 4.74 Å². The minimum Gasteiger partial charge on any atom is -0.447 e. The fourth-order valence-corrected chi connectivity index (χ4v) is 9.54. The van der Waals surface area contributed by atoms with Gasteiger partial charge in [0.15, 0.2) is 5.13 Å². The number of anilines is 2. The molecule has 352 valence electrons. The van der Waals surface area contributed by atoms with Crippen molar-refractivity contribution in [3.8, 4) is 21.6 Å². The van der Waals surface area contributed by atoms with Gasteiger partial charge in [-0.15, -0.1) is 11.3 Å². The number of aliphatic hydroxyl groups excluding tert-OH is 1. The van der Waals surface area contributed by atoms with E-state index in [0.717, 1.165) is 75.1 Å². The lowest BCUT2D eigenvalue weighted by molar-refractivity contribution is -0.144. The summed E-state index contributed by atoms with van der Waals surface area (Å²) in [5.74, 6) is -1.06. The van der Waals surface area contributed by atoms with Crippen LogP contribution in [-0.4, -0.2) is 85.5 Å². The molecule has 66 heavy (non-hydrogen) atoms. The lowest BCUT2D eigenvalue weighted by Gasteiger charge is -2.35. The Morgan fingerprint density at radius 2 is 1.53 bits per heavy atom. The van der Waals surface area contributed by atoms with Gasteiger partial charge in [0.2, 0.25) is 23.6 Å². The summed E-state index contributed by atoms with van der Waals surface area (Å²) in [5, 5.41) is 22.7. The number of amides is 5. The number of aromatic nitrogens is 3. The molecule has 0 saturated carbocycles. The maximum atomic E-state index is 14.0. The van der Waals surface area contributed by atoms with Gasteiger partial charge in [-0.2, -0.15) is 0 Å². The van der Waals surface area contributed by atoms with E-state index in [0.29, 0.717) is 29.4 Å². The van der Waals surface area contributed by atoms with Crippen LogP contribution in [-0.2, 0) is 30.5 Å². The van der Waals surface area contributed by atoms with Crippen molar-refractivity contribution in [2.24, 2.45) is 5.41 Å². The second-order valence-electron chi connectivity index (χ2n) is 18.3. The third-order valence-corrected chi connectivity index (χ3v) is 13.3. The first-order chi connectivity index (χ1) is 31.4. The van der Waals surface area contributed by atoms with E-state index < -0.39 is 29.7 Å². The zero-order valence-electron chi connectivity index (χ0n) is 38.9. The summed E-state index contributed by atoms with van der Waals surface area (Å²) >= 11 is 2.97. The van der Waals surface area contributed by atoms with Crippen molar-refractivity contribution in [2.45, 2.75) is 137 Å². The largest absolute Gasteiger partial charge is 0.447 e. The lowest BCUT2D eigenvalue weighted by Crippen LogP contribution is -2.57. The number of carbonyl (C=O) groups is 5. The zero-order chi connectivity index (χ0) is 47.5. The average molecular weight is 939 g/mol. The molecule has 0 spiro atoms. The summed E-state index contributed by atoms with van der Waals surface area (Å²) in [6, 6.07) is 13.8. The Labute approximate surface area is 394 Å². The van der Waals surface area contributed by atoms with E-state index in [1.165, 1.54) is 16.2 Å². The number of ether oxygens (including phenoxy) is 1. The number of nitrogens with zero attached hydrogens (tertiary/aromatic N) is 4. The first-order valence-electron chi connectivity index (χ1n) is 22.6. The summed E-state index contributed by atoms with van der Waals surface area (Å²) in [6.07, 6.45) is 5.78. The van der Waals surface area contributed by atoms with Crippen LogP contribution < -0.4 is 21.3 Å². The third-order valence-electron chi connectivity index (χ3n) is 11.4. The van der Waals surface area contributed by atoms with Crippen molar-refractivity contribution in [1.82, 2.24) is 30.5 Å². The van der Waals surface area contributed by atoms with Crippen molar-refractivity contribution in [3.05, 3.63) is 77.2 Å². The van der Waals surface area contributed by atoms with E-state index >= 15 is 0 Å². The molecule has 5 aromatic rings. The van der Waals surface area contributed by atoms with Crippen LogP contribution in [0.5, 0.6) is 0 Å². The summed E-state index contributed by atoms with van der Waals surface area (Å²) in [6.45, 7) is 13.3. The number of hydrogen-bond acceptors (Lipinski definition) is 12. The molecule has 15 nitrogen and oxygen atoms in total. The molecule has 17 heteroatoms. The number of pyridine rings is 1. The van der Waals surface area contributed by atoms with Crippen molar-refractivity contribution in [1.29, 1.82) is 0 Å². The molecule has 4 heterocycles. The summed E-state index contributed by atoms with van der Waals surface area (Å²) in [4.78, 5) is 81.5. The predicted octanol–water partition coefficient (Wildman–Crippen LogP) is 8.92. The number of thiazole rings is 2. The Morgan fingerprint density at radius 3 is 2.20 bits per heavy atom. The topological polar surface area (TPSA) is 205 Å². The molecule has 3 aromatic heterocycles. The molecule has 1 aliphatic heterocycles. The standard InChI is InChI=1S/C49H62N8O7S2/c1-29(2)64-48(63)54-38-22-35(26-50-30(38)3)34-20-21-37-40(23-34)66-47(53-37)56-42(60)15-13-11-9-8-10-12-14-41(59)55-44(49(5,6)7)46(62)57-27-36(58)24-39(57)45(61)51-25-32-16-18-33(19-17-32)43-31(4)52-28-65-43/h16-23,26,28-29,36,39,44,58H,8-15,24-25,27H2,1-7H3,(H,51,61)(H,54,63)(H,55,59)(H,53,56,60)/t36-,39+,44-/m1/s1.